The number of thiazole rings is 1. The summed E-state index contributed by atoms with van der Waals surface area (Å²) in [5, 5.41) is 15.0. The number of nitrogens with zero attached hydrogens (tertiary/aromatic N) is 1. The highest BCUT2D eigenvalue weighted by molar-refractivity contribution is 7.18. The molecule has 0 aliphatic carbocycles. The van der Waals surface area contributed by atoms with Gasteiger partial charge in [0.15, 0.2) is 5.13 Å². The van der Waals surface area contributed by atoms with Crippen molar-refractivity contribution >= 4 is 28.2 Å². The Kier molecular flexibility index (Phi) is 7.27. The third-order valence-corrected chi connectivity index (χ3v) is 3.32. The molecule has 0 atom stereocenters. The fourth-order valence-corrected chi connectivity index (χ4v) is 2.15. The molecule has 1 rings (SSSR count). The number of hydrogen-bond donors (Lipinski definition) is 4. The van der Waals surface area contributed by atoms with Crippen molar-refractivity contribution in [3.63, 3.8) is 0 Å². The molecule has 20 heavy (non-hydrogen) atoms. The van der Waals surface area contributed by atoms with Crippen LogP contribution in [0.3, 0.4) is 0 Å². The molecule has 8 heteroatoms. The first-order valence-corrected chi connectivity index (χ1v) is 7.33. The van der Waals surface area contributed by atoms with Crippen molar-refractivity contribution in [1.82, 2.24) is 10.3 Å². The Morgan fingerprint density at radius 2 is 2.25 bits per heavy atom. The fourth-order valence-electron chi connectivity index (χ4n) is 1.35. The molecular weight excluding hydrogens is 280 g/mol. The molecule has 0 aliphatic rings. The van der Waals surface area contributed by atoms with E-state index in [1.165, 1.54) is 11.3 Å². The molecule has 0 unspecified atom stereocenters. The van der Waals surface area contributed by atoms with Gasteiger partial charge in [-0.25, -0.2) is 4.98 Å². The maximum absolute atomic E-state index is 11.9. The number of amides is 1. The number of hydrogen-bond acceptors (Lipinski definition) is 7. The van der Waals surface area contributed by atoms with Crippen LogP contribution in [0.4, 0.5) is 10.9 Å². The highest BCUT2D eigenvalue weighted by Gasteiger charge is 2.15. The molecular formula is C12H22N4O3S. The van der Waals surface area contributed by atoms with Crippen molar-refractivity contribution in [1.29, 1.82) is 0 Å². The minimum absolute atomic E-state index is 0.0272. The van der Waals surface area contributed by atoms with Gasteiger partial charge in [0.25, 0.3) is 5.91 Å². The van der Waals surface area contributed by atoms with Crippen LogP contribution in [0.25, 0.3) is 0 Å². The van der Waals surface area contributed by atoms with Crippen molar-refractivity contribution in [2.24, 2.45) is 5.92 Å². The van der Waals surface area contributed by atoms with E-state index >= 15 is 0 Å². The van der Waals surface area contributed by atoms with Gasteiger partial charge in [0.1, 0.15) is 10.7 Å². The van der Waals surface area contributed by atoms with E-state index in [1.807, 2.05) is 0 Å². The zero-order chi connectivity index (χ0) is 15.0. The van der Waals surface area contributed by atoms with E-state index in [0.29, 0.717) is 29.1 Å². The van der Waals surface area contributed by atoms with E-state index in [4.69, 9.17) is 15.6 Å². The van der Waals surface area contributed by atoms with Gasteiger partial charge in [0, 0.05) is 13.1 Å². The third-order valence-electron chi connectivity index (χ3n) is 2.29. The summed E-state index contributed by atoms with van der Waals surface area (Å²) in [6, 6.07) is 0. The summed E-state index contributed by atoms with van der Waals surface area (Å²) in [7, 11) is 0. The van der Waals surface area contributed by atoms with E-state index in [2.05, 4.69) is 29.5 Å². The summed E-state index contributed by atoms with van der Waals surface area (Å²) in [6.45, 7) is 5.91. The van der Waals surface area contributed by atoms with Crippen molar-refractivity contribution < 1.29 is 14.6 Å². The van der Waals surface area contributed by atoms with Gasteiger partial charge in [-0.1, -0.05) is 25.2 Å². The number of nitrogens with one attached hydrogen (secondary N) is 2. The standard InChI is InChI=1S/C12H22N4O3S/c1-8(2)7-15-12-16-10(13)9(20-12)11(18)14-3-5-19-6-4-17/h8,17H,3-7,13H2,1-2H3,(H,14,18)(H,15,16). The molecule has 1 aromatic rings. The molecule has 0 aromatic carbocycles. The van der Waals surface area contributed by atoms with Crippen molar-refractivity contribution in [3.05, 3.63) is 4.88 Å². The first kappa shape index (κ1) is 16.7. The number of carbonyl (C=O) groups excluding carboxylic acids is 1. The fraction of sp³-hybridized carbons (Fsp3) is 0.667. The Hall–Kier alpha value is -1.38. The van der Waals surface area contributed by atoms with Crippen LogP contribution in [0, 0.1) is 5.92 Å². The molecule has 114 valence electrons. The predicted molar refractivity (Wildman–Crippen MR) is 80.1 cm³/mol. The normalized spacial score (nSPS) is 10.8. The SMILES string of the molecule is CC(C)CNc1nc(N)c(C(=O)NCCOCCO)s1. The third kappa shape index (κ3) is 5.72. The van der Waals surface area contributed by atoms with E-state index in [1.54, 1.807) is 0 Å². The topological polar surface area (TPSA) is 110 Å². The molecule has 7 nitrogen and oxygen atoms in total. The lowest BCUT2D eigenvalue weighted by molar-refractivity contribution is 0.0841. The minimum Gasteiger partial charge on any atom is -0.394 e. The monoisotopic (exact) mass is 302 g/mol. The van der Waals surface area contributed by atoms with E-state index in [-0.39, 0.29) is 24.9 Å². The van der Waals surface area contributed by atoms with Gasteiger partial charge < -0.3 is 26.2 Å². The van der Waals surface area contributed by atoms with Crippen LogP contribution < -0.4 is 16.4 Å². The van der Waals surface area contributed by atoms with Gasteiger partial charge in [-0.15, -0.1) is 0 Å². The number of carbonyl (C=O) groups is 1. The highest BCUT2D eigenvalue weighted by Crippen LogP contribution is 2.24. The number of nitrogens with two attached hydrogens (primary N) is 1. The van der Waals surface area contributed by atoms with Gasteiger partial charge in [-0.2, -0.15) is 0 Å². The summed E-state index contributed by atoms with van der Waals surface area (Å²) >= 11 is 1.24. The minimum atomic E-state index is -0.259. The number of rotatable bonds is 9. The van der Waals surface area contributed by atoms with Crippen LogP contribution in [0.15, 0.2) is 0 Å². The summed E-state index contributed by atoms with van der Waals surface area (Å²) < 4.78 is 5.05. The Labute approximate surface area is 122 Å². The quantitative estimate of drug-likeness (QED) is 0.495. The number of aromatic nitrogens is 1. The average molecular weight is 302 g/mol. The lowest BCUT2D eigenvalue weighted by Crippen LogP contribution is -2.27. The first-order chi connectivity index (χ1) is 9.54. The van der Waals surface area contributed by atoms with Crippen molar-refractivity contribution in [2.45, 2.75) is 13.8 Å². The molecule has 1 heterocycles. The van der Waals surface area contributed by atoms with Crippen molar-refractivity contribution in [3.8, 4) is 0 Å². The van der Waals surface area contributed by atoms with Crippen LogP contribution in [0.1, 0.15) is 23.5 Å². The Morgan fingerprint density at radius 1 is 1.50 bits per heavy atom. The zero-order valence-corrected chi connectivity index (χ0v) is 12.6. The van der Waals surface area contributed by atoms with Gasteiger partial charge in [0.2, 0.25) is 0 Å². The number of aliphatic hydroxyl groups is 1. The van der Waals surface area contributed by atoms with Gasteiger partial charge in [-0.05, 0) is 5.92 Å². The van der Waals surface area contributed by atoms with Gasteiger partial charge in [0.05, 0.1) is 19.8 Å². The van der Waals surface area contributed by atoms with Crippen LogP contribution >= 0.6 is 11.3 Å². The number of ether oxygens (including phenoxy) is 1. The Bertz CT molecular complexity index is 423. The molecule has 0 bridgehead atoms. The van der Waals surface area contributed by atoms with Crippen LogP contribution in [0.5, 0.6) is 0 Å². The molecule has 0 saturated heterocycles. The molecule has 0 fully saturated rings. The Balaban J connectivity index is 2.43. The zero-order valence-electron chi connectivity index (χ0n) is 11.8. The van der Waals surface area contributed by atoms with E-state index in [0.717, 1.165) is 6.54 Å². The molecule has 0 aliphatic heterocycles. The largest absolute Gasteiger partial charge is 0.394 e. The van der Waals surface area contributed by atoms with Gasteiger partial charge in [-0.3, -0.25) is 4.79 Å². The van der Waals surface area contributed by atoms with Crippen LogP contribution in [-0.4, -0.2) is 48.9 Å². The maximum Gasteiger partial charge on any atom is 0.265 e. The second-order valence-electron chi connectivity index (χ2n) is 4.60. The van der Waals surface area contributed by atoms with E-state index in [9.17, 15) is 4.79 Å². The molecule has 1 amide bonds. The number of anilines is 2. The second kappa shape index (κ2) is 8.72. The molecule has 0 radical (unpaired) electrons. The highest BCUT2D eigenvalue weighted by atomic mass is 32.1. The van der Waals surface area contributed by atoms with Crippen molar-refractivity contribution in [2.75, 3.05) is 44.0 Å². The maximum atomic E-state index is 11.9. The molecule has 0 saturated carbocycles. The number of aliphatic hydroxyl groups excluding tert-OH is 1. The molecule has 5 N–H and O–H groups in total. The van der Waals surface area contributed by atoms with E-state index < -0.39 is 0 Å². The second-order valence-corrected chi connectivity index (χ2v) is 5.60. The average Bonchev–Trinajstić information content (AvgIpc) is 2.77. The Morgan fingerprint density at radius 3 is 2.90 bits per heavy atom. The van der Waals surface area contributed by atoms with Crippen LogP contribution in [0.2, 0.25) is 0 Å². The summed E-state index contributed by atoms with van der Waals surface area (Å²) in [5.74, 6) is 0.460. The van der Waals surface area contributed by atoms with Crippen LogP contribution in [-0.2, 0) is 4.74 Å². The summed E-state index contributed by atoms with van der Waals surface area (Å²) in [6.07, 6.45) is 0. The predicted octanol–water partition coefficient (Wildman–Crippen LogP) is 0.532. The first-order valence-electron chi connectivity index (χ1n) is 6.51. The summed E-state index contributed by atoms with van der Waals surface area (Å²) in [4.78, 5) is 16.4. The molecule has 0 spiro atoms. The van der Waals surface area contributed by atoms with Gasteiger partial charge >= 0.3 is 0 Å². The lowest BCUT2D eigenvalue weighted by atomic mass is 10.2. The smallest absolute Gasteiger partial charge is 0.265 e. The summed E-state index contributed by atoms with van der Waals surface area (Å²) in [5.41, 5.74) is 5.73. The molecule has 1 aromatic heterocycles. The number of nitrogen functional groups attached to an aromatic ring is 1. The lowest BCUT2D eigenvalue weighted by Gasteiger charge is -2.04.